The van der Waals surface area contributed by atoms with Gasteiger partial charge in [-0.05, 0) is 73.9 Å². The van der Waals surface area contributed by atoms with Gasteiger partial charge in [0.2, 0.25) is 5.91 Å². The summed E-state index contributed by atoms with van der Waals surface area (Å²) in [4.78, 5) is 33.1. The number of hydrogen-bond acceptors (Lipinski definition) is 7. The number of anilines is 1. The molecule has 3 aliphatic carbocycles. The molecule has 1 saturated heterocycles. The Balaban J connectivity index is 1.17. The van der Waals surface area contributed by atoms with Crippen molar-refractivity contribution in [1.29, 1.82) is 0 Å². The minimum absolute atomic E-state index is 0.110. The third-order valence-electron chi connectivity index (χ3n) is 9.77. The first-order valence-electron chi connectivity index (χ1n) is 15.2. The van der Waals surface area contributed by atoms with Crippen molar-refractivity contribution in [2.45, 2.75) is 44.0 Å². The number of nitrogens with zero attached hydrogens (tertiary/aromatic N) is 1. The van der Waals surface area contributed by atoms with Crippen molar-refractivity contribution < 1.29 is 45.1 Å². The van der Waals surface area contributed by atoms with Crippen molar-refractivity contribution in [2.24, 2.45) is 34.7 Å². The van der Waals surface area contributed by atoms with E-state index in [0.717, 1.165) is 30.9 Å². The van der Waals surface area contributed by atoms with E-state index in [1.54, 1.807) is 18.2 Å². The number of carbonyl (C=O) groups is 2. The summed E-state index contributed by atoms with van der Waals surface area (Å²) in [6.45, 7) is 0. The van der Waals surface area contributed by atoms with Crippen LogP contribution in [0, 0.1) is 35.4 Å². The molecular weight excluding hydrogens is 630 g/mol. The highest BCUT2D eigenvalue weighted by Crippen LogP contribution is 2.54. The minimum atomic E-state index is -4.94. The van der Waals surface area contributed by atoms with Crippen LogP contribution in [0.25, 0.3) is 0 Å². The number of benzene rings is 2. The molecule has 5 aliphatic rings. The molecule has 6 atom stereocenters. The van der Waals surface area contributed by atoms with E-state index < -0.39 is 63.2 Å². The van der Waals surface area contributed by atoms with Crippen LogP contribution in [0.1, 0.15) is 47.2 Å². The summed E-state index contributed by atoms with van der Waals surface area (Å²) >= 11 is 0. The van der Waals surface area contributed by atoms with Gasteiger partial charge in [-0.25, -0.2) is 12.8 Å². The van der Waals surface area contributed by atoms with Gasteiger partial charge >= 0.3 is 6.18 Å². The number of nitrogens with one attached hydrogen (secondary N) is 2. The van der Waals surface area contributed by atoms with E-state index in [1.165, 1.54) is 7.11 Å². The standard InChI is InChI=1S/C32H31F4N3O6S/c1-44-25-9-4-16(28-22-13-46(42,43)14-26(22)45-39-28)11-21(25)30(40)38-29-19-7-6-18(20(19)10-15-2-3-15)27(29)31(41)37-17-5-8-24(33)23(12-17)32(34,35)36/h4-5,8-12,15,18-19,22,26-27,29H,2-3,6-7,13-14H2,1H3,(H,37,41)(H,38,40)/b20-10-/t18-,19+,22?,26?,27-,29+/m0/s1. The molecule has 2 amide bonds. The molecule has 2 N–H and O–H groups in total. The Kier molecular flexibility index (Phi) is 7.41. The van der Waals surface area contributed by atoms with Crippen LogP contribution in [-0.2, 0) is 25.6 Å². The van der Waals surface area contributed by atoms with Crippen LogP contribution >= 0.6 is 0 Å². The first kappa shape index (κ1) is 30.7. The fourth-order valence-electron chi connectivity index (χ4n) is 7.51. The van der Waals surface area contributed by atoms with Crippen molar-refractivity contribution >= 4 is 33.1 Å². The quantitative estimate of drug-likeness (QED) is 0.327. The van der Waals surface area contributed by atoms with Crippen LogP contribution in [0.5, 0.6) is 5.75 Å². The van der Waals surface area contributed by atoms with E-state index in [9.17, 15) is 35.6 Å². The van der Waals surface area contributed by atoms with Gasteiger partial charge in [0.05, 0.1) is 47.3 Å². The van der Waals surface area contributed by atoms with Gasteiger partial charge in [0.15, 0.2) is 15.9 Å². The van der Waals surface area contributed by atoms with Crippen molar-refractivity contribution in [3.05, 3.63) is 70.6 Å². The topological polar surface area (TPSA) is 123 Å². The number of ether oxygens (including phenoxy) is 1. The zero-order valence-electron chi connectivity index (χ0n) is 24.6. The molecule has 244 valence electrons. The molecule has 2 bridgehead atoms. The Morgan fingerprint density at radius 3 is 2.50 bits per heavy atom. The number of halogens is 4. The zero-order chi connectivity index (χ0) is 32.5. The molecule has 4 fully saturated rings. The molecule has 7 rings (SSSR count). The average Bonchev–Trinajstić information content (AvgIpc) is 3.37. The first-order chi connectivity index (χ1) is 21.8. The number of alkyl halides is 3. The Hall–Kier alpha value is -3.94. The number of fused-ring (bicyclic) bond motifs is 3. The lowest BCUT2D eigenvalue weighted by Crippen LogP contribution is -2.48. The second kappa shape index (κ2) is 11.1. The Labute approximate surface area is 262 Å². The van der Waals surface area contributed by atoms with Gasteiger partial charge in [0.1, 0.15) is 11.6 Å². The number of oxime groups is 1. The summed E-state index contributed by atoms with van der Waals surface area (Å²) in [5.41, 5.74) is 0.476. The van der Waals surface area contributed by atoms with E-state index in [0.29, 0.717) is 35.7 Å². The lowest BCUT2D eigenvalue weighted by atomic mass is 9.83. The molecule has 0 aromatic heterocycles. The monoisotopic (exact) mass is 661 g/mol. The second-order valence-corrected chi connectivity index (χ2v) is 14.9. The molecule has 46 heavy (non-hydrogen) atoms. The van der Waals surface area contributed by atoms with Gasteiger partial charge < -0.3 is 20.2 Å². The van der Waals surface area contributed by atoms with Gasteiger partial charge in [0.25, 0.3) is 5.91 Å². The molecule has 0 spiro atoms. The fourth-order valence-corrected chi connectivity index (χ4v) is 9.36. The number of rotatable bonds is 7. The van der Waals surface area contributed by atoms with E-state index in [1.807, 2.05) is 0 Å². The third kappa shape index (κ3) is 5.54. The van der Waals surface area contributed by atoms with Gasteiger partial charge in [-0.2, -0.15) is 13.2 Å². The summed E-state index contributed by atoms with van der Waals surface area (Å²) in [6.07, 6.45) is 0.147. The van der Waals surface area contributed by atoms with Crippen LogP contribution in [0.4, 0.5) is 23.2 Å². The summed E-state index contributed by atoms with van der Waals surface area (Å²) in [5.74, 6) is -3.73. The molecule has 3 saturated carbocycles. The van der Waals surface area contributed by atoms with Crippen molar-refractivity contribution in [3.63, 3.8) is 0 Å². The molecular formula is C32H31F4N3O6S. The average molecular weight is 662 g/mol. The molecule has 14 heteroatoms. The first-order valence-corrected chi connectivity index (χ1v) is 17.0. The number of carbonyl (C=O) groups excluding carboxylic acids is 2. The van der Waals surface area contributed by atoms with Crippen LogP contribution in [0.15, 0.2) is 53.2 Å². The summed E-state index contributed by atoms with van der Waals surface area (Å²) in [5, 5.41) is 9.70. The largest absolute Gasteiger partial charge is 0.496 e. The molecule has 9 nitrogen and oxygen atoms in total. The minimum Gasteiger partial charge on any atom is -0.496 e. The van der Waals surface area contributed by atoms with Gasteiger partial charge in [-0.15, -0.1) is 0 Å². The second-order valence-electron chi connectivity index (χ2n) is 12.7. The van der Waals surface area contributed by atoms with Crippen molar-refractivity contribution in [1.82, 2.24) is 5.32 Å². The van der Waals surface area contributed by atoms with Crippen LogP contribution in [0.2, 0.25) is 0 Å². The summed E-state index contributed by atoms with van der Waals surface area (Å²) < 4.78 is 83.9. The van der Waals surface area contributed by atoms with Crippen molar-refractivity contribution in [3.8, 4) is 5.75 Å². The lowest BCUT2D eigenvalue weighted by Gasteiger charge is -2.30. The SMILES string of the molecule is COc1ccc(C2=NOC3CS(=O)(=O)CC23)cc1C(=O)N[C@H]1[C@@H](C(=O)Nc2ccc(F)c(C(F)(F)F)c2)[C@H]2CC[C@@H]1/C2=C\C1CC1. The maximum absolute atomic E-state index is 13.9. The van der Waals surface area contributed by atoms with Crippen LogP contribution in [0.3, 0.4) is 0 Å². The number of allylic oxidation sites excluding steroid dienone is 1. The highest BCUT2D eigenvalue weighted by atomic mass is 32.2. The zero-order valence-corrected chi connectivity index (χ0v) is 25.5. The van der Waals surface area contributed by atoms with E-state index >= 15 is 0 Å². The maximum Gasteiger partial charge on any atom is 0.419 e. The number of hydrogen-bond donors (Lipinski definition) is 2. The molecule has 2 heterocycles. The third-order valence-corrected chi connectivity index (χ3v) is 11.5. The summed E-state index contributed by atoms with van der Waals surface area (Å²) in [6, 6.07) is 6.47. The van der Waals surface area contributed by atoms with E-state index in [-0.39, 0.29) is 40.3 Å². The van der Waals surface area contributed by atoms with Crippen LogP contribution < -0.4 is 15.4 Å². The highest BCUT2D eigenvalue weighted by Gasteiger charge is 2.55. The molecule has 2 aromatic rings. The lowest BCUT2D eigenvalue weighted by molar-refractivity contribution is -0.140. The van der Waals surface area contributed by atoms with Crippen LogP contribution in [-0.4, -0.2) is 56.7 Å². The Morgan fingerprint density at radius 2 is 1.78 bits per heavy atom. The smallest absolute Gasteiger partial charge is 0.419 e. The maximum atomic E-state index is 13.9. The number of amides is 2. The van der Waals surface area contributed by atoms with Crippen molar-refractivity contribution in [2.75, 3.05) is 23.9 Å². The Bertz CT molecular complexity index is 1790. The molecule has 0 radical (unpaired) electrons. The van der Waals surface area contributed by atoms with Gasteiger partial charge in [-0.3, -0.25) is 9.59 Å². The van der Waals surface area contributed by atoms with Gasteiger partial charge in [-0.1, -0.05) is 16.8 Å². The number of methoxy groups -OCH3 is 1. The number of sulfone groups is 1. The molecule has 2 aliphatic heterocycles. The molecule has 2 aromatic carbocycles. The van der Waals surface area contributed by atoms with E-state index in [4.69, 9.17) is 9.57 Å². The summed E-state index contributed by atoms with van der Waals surface area (Å²) in [7, 11) is -1.89. The Morgan fingerprint density at radius 1 is 1.02 bits per heavy atom. The normalized spacial score (nSPS) is 30.1. The van der Waals surface area contributed by atoms with Gasteiger partial charge in [0, 0.05) is 23.2 Å². The molecule has 2 unspecified atom stereocenters. The predicted octanol–water partition coefficient (Wildman–Crippen LogP) is 4.73. The fraction of sp³-hybridized carbons (Fsp3) is 0.469. The predicted molar refractivity (Wildman–Crippen MR) is 158 cm³/mol. The highest BCUT2D eigenvalue weighted by molar-refractivity contribution is 7.91. The van der Waals surface area contributed by atoms with E-state index in [2.05, 4.69) is 21.9 Å².